The van der Waals surface area contributed by atoms with E-state index in [0.717, 1.165) is 26.1 Å². The van der Waals surface area contributed by atoms with Gasteiger partial charge in [0.25, 0.3) is 0 Å². The number of hydrogen-bond acceptors (Lipinski definition) is 4. The van der Waals surface area contributed by atoms with Gasteiger partial charge in [0, 0.05) is 39.2 Å². The number of hydrogen-bond donors (Lipinski definition) is 2. The normalized spacial score (nSPS) is 18.8. The fourth-order valence-electron chi connectivity index (χ4n) is 3.17. The number of likely N-dealkylation sites (tertiary alicyclic amines) is 1. The van der Waals surface area contributed by atoms with Gasteiger partial charge >= 0.3 is 0 Å². The molecule has 1 unspecified atom stereocenters. The van der Waals surface area contributed by atoms with Crippen molar-refractivity contribution >= 4 is 5.91 Å². The minimum absolute atomic E-state index is 0.0557. The van der Waals surface area contributed by atoms with E-state index in [4.69, 9.17) is 10.5 Å². The summed E-state index contributed by atoms with van der Waals surface area (Å²) in [6, 6.07) is 8.97. The van der Waals surface area contributed by atoms with Gasteiger partial charge in [-0.25, -0.2) is 0 Å². The van der Waals surface area contributed by atoms with Crippen molar-refractivity contribution in [3.05, 3.63) is 35.4 Å². The predicted octanol–water partition coefficient (Wildman–Crippen LogP) is 1.65. The van der Waals surface area contributed by atoms with Crippen LogP contribution in [-0.4, -0.2) is 43.6 Å². The van der Waals surface area contributed by atoms with Crippen LogP contribution in [0.5, 0.6) is 0 Å². The number of carbonyl (C=O) groups excluding carboxylic acids is 1. The largest absolute Gasteiger partial charge is 0.380 e. The lowest BCUT2D eigenvalue weighted by Crippen LogP contribution is -2.46. The van der Waals surface area contributed by atoms with Crippen molar-refractivity contribution in [2.45, 2.75) is 44.9 Å². The lowest BCUT2D eigenvalue weighted by atomic mass is 10.0. The van der Waals surface area contributed by atoms with Gasteiger partial charge in [-0.15, -0.1) is 0 Å². The van der Waals surface area contributed by atoms with Crippen LogP contribution in [0, 0.1) is 0 Å². The molecule has 1 fully saturated rings. The molecule has 0 bridgehead atoms. The highest BCUT2D eigenvalue weighted by Crippen LogP contribution is 2.20. The van der Waals surface area contributed by atoms with Crippen LogP contribution in [0.25, 0.3) is 0 Å². The molecule has 2 rings (SSSR count). The Morgan fingerprint density at radius 1 is 1.39 bits per heavy atom. The summed E-state index contributed by atoms with van der Waals surface area (Å²) in [4.78, 5) is 14.1. The Balaban J connectivity index is 1.92. The van der Waals surface area contributed by atoms with E-state index in [2.05, 4.69) is 34.5 Å². The van der Waals surface area contributed by atoms with Gasteiger partial charge in [0.1, 0.15) is 0 Å². The maximum Gasteiger partial charge on any atom is 0.221 e. The van der Waals surface area contributed by atoms with Gasteiger partial charge in [-0.05, 0) is 30.5 Å². The SMILES string of the molecule is COCc1cccc(CN2CCCCC2CNC(=O)CCN)c1. The summed E-state index contributed by atoms with van der Waals surface area (Å²) in [5.41, 5.74) is 7.93. The van der Waals surface area contributed by atoms with Crippen molar-refractivity contribution in [2.24, 2.45) is 5.73 Å². The minimum Gasteiger partial charge on any atom is -0.380 e. The van der Waals surface area contributed by atoms with Crippen LogP contribution in [0.1, 0.15) is 36.8 Å². The Labute approximate surface area is 139 Å². The van der Waals surface area contributed by atoms with Crippen molar-refractivity contribution in [3.8, 4) is 0 Å². The van der Waals surface area contributed by atoms with Gasteiger partial charge < -0.3 is 15.8 Å². The quantitative estimate of drug-likeness (QED) is 0.764. The zero-order valence-electron chi connectivity index (χ0n) is 14.1. The molecule has 1 amide bonds. The highest BCUT2D eigenvalue weighted by molar-refractivity contribution is 5.76. The lowest BCUT2D eigenvalue weighted by molar-refractivity contribution is -0.121. The molecular weight excluding hydrogens is 290 g/mol. The maximum absolute atomic E-state index is 11.6. The number of rotatable bonds is 8. The van der Waals surface area contributed by atoms with Gasteiger partial charge in [-0.1, -0.05) is 30.7 Å². The van der Waals surface area contributed by atoms with Crippen molar-refractivity contribution in [1.29, 1.82) is 0 Å². The molecule has 3 N–H and O–H groups in total. The third-order valence-corrected chi connectivity index (χ3v) is 4.34. The second-order valence-electron chi connectivity index (χ2n) is 6.22. The first-order valence-corrected chi connectivity index (χ1v) is 8.50. The Hall–Kier alpha value is -1.43. The Morgan fingerprint density at radius 3 is 3.00 bits per heavy atom. The van der Waals surface area contributed by atoms with Crippen LogP contribution in [0.4, 0.5) is 0 Å². The molecule has 1 aromatic rings. The molecule has 0 radical (unpaired) electrons. The molecular formula is C18H29N3O2. The average Bonchev–Trinajstić information content (AvgIpc) is 2.55. The third-order valence-electron chi connectivity index (χ3n) is 4.34. The molecule has 0 spiro atoms. The number of piperidine rings is 1. The number of ether oxygens (including phenoxy) is 1. The smallest absolute Gasteiger partial charge is 0.221 e. The maximum atomic E-state index is 11.6. The molecule has 5 heteroatoms. The number of amides is 1. The van der Waals surface area contributed by atoms with Gasteiger partial charge in [0.05, 0.1) is 6.61 Å². The second kappa shape index (κ2) is 9.65. The van der Waals surface area contributed by atoms with E-state index >= 15 is 0 Å². The van der Waals surface area contributed by atoms with E-state index in [-0.39, 0.29) is 5.91 Å². The number of nitrogens with zero attached hydrogens (tertiary/aromatic N) is 1. The highest BCUT2D eigenvalue weighted by atomic mass is 16.5. The van der Waals surface area contributed by atoms with Crippen molar-refractivity contribution in [1.82, 2.24) is 10.2 Å². The molecule has 0 saturated carbocycles. The van der Waals surface area contributed by atoms with Crippen LogP contribution in [0.3, 0.4) is 0 Å². The summed E-state index contributed by atoms with van der Waals surface area (Å²) in [5.74, 6) is 0.0557. The van der Waals surface area contributed by atoms with Gasteiger partial charge in [-0.2, -0.15) is 0 Å². The van der Waals surface area contributed by atoms with E-state index < -0.39 is 0 Å². The first-order chi connectivity index (χ1) is 11.2. The van der Waals surface area contributed by atoms with E-state index in [1.807, 2.05) is 0 Å². The molecule has 23 heavy (non-hydrogen) atoms. The van der Waals surface area contributed by atoms with Gasteiger partial charge in [-0.3, -0.25) is 9.69 Å². The van der Waals surface area contributed by atoms with Crippen molar-refractivity contribution in [3.63, 3.8) is 0 Å². The van der Waals surface area contributed by atoms with E-state index in [9.17, 15) is 4.79 Å². The topological polar surface area (TPSA) is 67.6 Å². The highest BCUT2D eigenvalue weighted by Gasteiger charge is 2.22. The average molecular weight is 319 g/mol. The fourth-order valence-corrected chi connectivity index (χ4v) is 3.17. The number of nitrogens with two attached hydrogens (primary N) is 1. The summed E-state index contributed by atoms with van der Waals surface area (Å²) in [7, 11) is 1.72. The summed E-state index contributed by atoms with van der Waals surface area (Å²) < 4.78 is 5.21. The zero-order chi connectivity index (χ0) is 16.5. The van der Waals surface area contributed by atoms with Crippen LogP contribution < -0.4 is 11.1 Å². The first-order valence-electron chi connectivity index (χ1n) is 8.50. The number of benzene rings is 1. The van der Waals surface area contributed by atoms with Gasteiger partial charge in [0.2, 0.25) is 5.91 Å². The van der Waals surface area contributed by atoms with Crippen molar-refractivity contribution in [2.75, 3.05) is 26.7 Å². The predicted molar refractivity (Wildman–Crippen MR) is 91.9 cm³/mol. The molecule has 0 aliphatic carbocycles. The molecule has 1 atom stereocenters. The van der Waals surface area contributed by atoms with Crippen molar-refractivity contribution < 1.29 is 9.53 Å². The Morgan fingerprint density at radius 2 is 2.22 bits per heavy atom. The molecule has 1 aromatic carbocycles. The fraction of sp³-hybridized carbons (Fsp3) is 0.611. The summed E-state index contributed by atoms with van der Waals surface area (Å²) >= 11 is 0. The monoisotopic (exact) mass is 319 g/mol. The molecule has 1 aliphatic heterocycles. The minimum atomic E-state index is 0.0557. The molecule has 1 saturated heterocycles. The van der Waals surface area contributed by atoms with Crippen LogP contribution >= 0.6 is 0 Å². The van der Waals surface area contributed by atoms with Crippen LogP contribution in [-0.2, 0) is 22.7 Å². The van der Waals surface area contributed by atoms with E-state index in [0.29, 0.717) is 25.6 Å². The summed E-state index contributed by atoms with van der Waals surface area (Å²) in [6.45, 7) is 3.79. The number of methoxy groups -OCH3 is 1. The summed E-state index contributed by atoms with van der Waals surface area (Å²) in [5, 5.41) is 3.02. The third kappa shape index (κ3) is 5.94. The number of nitrogens with one attached hydrogen (secondary N) is 1. The first kappa shape index (κ1) is 17.9. The molecule has 0 aromatic heterocycles. The van der Waals surface area contributed by atoms with E-state index in [1.165, 1.54) is 24.0 Å². The zero-order valence-corrected chi connectivity index (χ0v) is 14.1. The van der Waals surface area contributed by atoms with Crippen LogP contribution in [0.15, 0.2) is 24.3 Å². The molecule has 1 heterocycles. The molecule has 5 nitrogen and oxygen atoms in total. The summed E-state index contributed by atoms with van der Waals surface area (Å²) in [6.07, 6.45) is 4.01. The second-order valence-corrected chi connectivity index (χ2v) is 6.22. The molecule has 1 aliphatic rings. The lowest BCUT2D eigenvalue weighted by Gasteiger charge is -2.36. The van der Waals surface area contributed by atoms with Crippen LogP contribution in [0.2, 0.25) is 0 Å². The van der Waals surface area contributed by atoms with E-state index in [1.54, 1.807) is 7.11 Å². The Bertz CT molecular complexity index is 493. The standard InChI is InChI=1S/C18H29N3O2/c1-23-14-16-6-4-5-15(11-16)13-21-10-3-2-7-17(21)12-20-18(22)8-9-19/h4-6,11,17H,2-3,7-10,12-14,19H2,1H3,(H,20,22). The molecule has 128 valence electrons. The Kier molecular flexibility index (Phi) is 7.52. The number of carbonyl (C=O) groups is 1. The van der Waals surface area contributed by atoms with Gasteiger partial charge in [0.15, 0.2) is 0 Å².